The van der Waals surface area contributed by atoms with Crippen LogP contribution >= 0.6 is 0 Å². The van der Waals surface area contributed by atoms with Crippen LogP contribution in [0.25, 0.3) is 0 Å². The minimum Gasteiger partial charge on any atom is -0.355 e. The predicted molar refractivity (Wildman–Crippen MR) is 90.5 cm³/mol. The number of carbonyl (C=O) groups excluding carboxylic acids is 1. The summed E-state index contributed by atoms with van der Waals surface area (Å²) in [5, 5.41) is 24.7. The second kappa shape index (κ2) is 8.01. The van der Waals surface area contributed by atoms with Gasteiger partial charge in [0.2, 0.25) is 0 Å². The molecule has 0 aliphatic rings. The highest BCUT2D eigenvalue weighted by Crippen LogP contribution is 2.30. The molecular weight excluding hydrogens is 365 g/mol. The van der Waals surface area contributed by atoms with Gasteiger partial charge in [0.25, 0.3) is 11.6 Å². The van der Waals surface area contributed by atoms with Crippen LogP contribution in [0.5, 0.6) is 0 Å². The first-order valence-corrected chi connectivity index (χ1v) is 7.31. The fourth-order valence-electron chi connectivity index (χ4n) is 2.03. The van der Waals surface area contributed by atoms with Crippen LogP contribution in [-0.2, 0) is 11.0 Å². The smallest absolute Gasteiger partial charge is 0.355 e. The molecule has 2 rings (SSSR count). The van der Waals surface area contributed by atoms with Crippen LogP contribution in [0, 0.1) is 21.4 Å². The first-order valence-electron chi connectivity index (χ1n) is 7.31. The lowest BCUT2D eigenvalue weighted by Gasteiger charge is -2.09. The number of halogens is 3. The Kier molecular flexibility index (Phi) is 5.77. The maximum atomic E-state index is 12.7. The summed E-state index contributed by atoms with van der Waals surface area (Å²) in [4.78, 5) is 22.4. The van der Waals surface area contributed by atoms with Crippen molar-refractivity contribution in [1.82, 2.24) is 0 Å². The second-order valence-electron chi connectivity index (χ2n) is 5.12. The maximum Gasteiger partial charge on any atom is 0.416 e. The number of nitrogens with one attached hydrogen (secondary N) is 2. The van der Waals surface area contributed by atoms with Crippen molar-refractivity contribution in [2.75, 3.05) is 10.6 Å². The number of nitro groups is 1. The third-order valence-electron chi connectivity index (χ3n) is 3.29. The predicted octanol–water partition coefficient (Wildman–Crippen LogP) is 4.07. The number of nitro benzene ring substituents is 1. The average molecular weight is 376 g/mol. The van der Waals surface area contributed by atoms with E-state index in [-0.39, 0.29) is 17.1 Å². The van der Waals surface area contributed by atoms with Crippen molar-refractivity contribution in [3.8, 4) is 6.07 Å². The molecule has 2 aromatic carbocycles. The van der Waals surface area contributed by atoms with Gasteiger partial charge in [-0.05, 0) is 24.3 Å². The lowest BCUT2D eigenvalue weighted by molar-refractivity contribution is -0.383. The molecule has 1 amide bonds. The third kappa shape index (κ3) is 5.05. The highest BCUT2D eigenvalue weighted by molar-refractivity contribution is 6.06. The molecule has 27 heavy (non-hydrogen) atoms. The Labute approximate surface area is 150 Å². The van der Waals surface area contributed by atoms with E-state index < -0.39 is 28.1 Å². The number of amides is 1. The van der Waals surface area contributed by atoms with Gasteiger partial charge < -0.3 is 10.6 Å². The molecule has 0 radical (unpaired) electrons. The van der Waals surface area contributed by atoms with Crippen LogP contribution in [0.1, 0.15) is 5.56 Å². The molecule has 0 aliphatic carbocycles. The van der Waals surface area contributed by atoms with E-state index >= 15 is 0 Å². The van der Waals surface area contributed by atoms with E-state index in [1.165, 1.54) is 30.3 Å². The van der Waals surface area contributed by atoms with Crippen molar-refractivity contribution in [1.29, 1.82) is 5.26 Å². The van der Waals surface area contributed by atoms with E-state index in [0.29, 0.717) is 0 Å². The molecule has 0 saturated heterocycles. The molecule has 2 aromatic rings. The number of benzene rings is 2. The van der Waals surface area contributed by atoms with Crippen LogP contribution in [0.3, 0.4) is 0 Å². The number of anilines is 2. The van der Waals surface area contributed by atoms with E-state index in [1.807, 2.05) is 0 Å². The first kappa shape index (κ1) is 19.5. The van der Waals surface area contributed by atoms with Gasteiger partial charge in [0, 0.05) is 18.0 Å². The molecule has 0 unspecified atom stereocenters. The maximum absolute atomic E-state index is 12.7. The SMILES string of the molecule is N#C/C(=C/Nc1ccccc1[N+](=O)[O-])C(=O)Nc1cccc(C(F)(F)F)c1. The average Bonchev–Trinajstić information content (AvgIpc) is 2.62. The zero-order chi connectivity index (χ0) is 20.0. The number of hydrogen-bond acceptors (Lipinski definition) is 5. The Morgan fingerprint density at radius 3 is 2.52 bits per heavy atom. The number of nitriles is 1. The van der Waals surface area contributed by atoms with Gasteiger partial charge in [-0.3, -0.25) is 14.9 Å². The largest absolute Gasteiger partial charge is 0.416 e. The van der Waals surface area contributed by atoms with Crippen molar-refractivity contribution in [3.63, 3.8) is 0 Å². The molecule has 0 spiro atoms. The molecule has 0 atom stereocenters. The summed E-state index contributed by atoms with van der Waals surface area (Å²) in [6.07, 6.45) is -3.65. The molecule has 7 nitrogen and oxygen atoms in total. The van der Waals surface area contributed by atoms with Gasteiger partial charge in [-0.1, -0.05) is 18.2 Å². The van der Waals surface area contributed by atoms with Gasteiger partial charge in [0.15, 0.2) is 0 Å². The zero-order valence-corrected chi connectivity index (χ0v) is 13.4. The summed E-state index contributed by atoms with van der Waals surface area (Å²) in [6.45, 7) is 0. The monoisotopic (exact) mass is 376 g/mol. The van der Waals surface area contributed by atoms with Gasteiger partial charge >= 0.3 is 6.18 Å². The minimum atomic E-state index is -4.58. The number of alkyl halides is 3. The van der Waals surface area contributed by atoms with Crippen molar-refractivity contribution < 1.29 is 22.9 Å². The highest BCUT2D eigenvalue weighted by atomic mass is 19.4. The summed E-state index contributed by atoms with van der Waals surface area (Å²) < 4.78 is 38.1. The van der Waals surface area contributed by atoms with E-state index in [1.54, 1.807) is 6.07 Å². The topological polar surface area (TPSA) is 108 Å². The van der Waals surface area contributed by atoms with Crippen LogP contribution in [0.2, 0.25) is 0 Å². The Bertz CT molecular complexity index is 949. The fraction of sp³-hybridized carbons (Fsp3) is 0.0588. The quantitative estimate of drug-likeness (QED) is 0.354. The molecule has 2 N–H and O–H groups in total. The summed E-state index contributed by atoms with van der Waals surface area (Å²) in [6, 6.07) is 11.0. The summed E-state index contributed by atoms with van der Waals surface area (Å²) >= 11 is 0. The molecule has 0 fully saturated rings. The van der Waals surface area contributed by atoms with E-state index in [2.05, 4.69) is 10.6 Å². The standard InChI is InChI=1S/C17H11F3N4O3/c18-17(19,20)12-4-3-5-13(8-12)23-16(25)11(9-21)10-22-14-6-1-2-7-15(14)24(26)27/h1-8,10,22H,(H,23,25)/b11-10-. The molecule has 0 saturated carbocycles. The number of hydrogen-bond donors (Lipinski definition) is 2. The fourth-order valence-corrected chi connectivity index (χ4v) is 2.03. The summed E-state index contributed by atoms with van der Waals surface area (Å²) in [5.41, 5.74) is -1.82. The van der Waals surface area contributed by atoms with Gasteiger partial charge in [-0.2, -0.15) is 18.4 Å². The Morgan fingerprint density at radius 2 is 1.89 bits per heavy atom. The van der Waals surface area contributed by atoms with Crippen molar-refractivity contribution in [3.05, 3.63) is 76.0 Å². The number of carbonyl (C=O) groups is 1. The number of para-hydroxylation sites is 2. The van der Waals surface area contributed by atoms with E-state index in [9.17, 15) is 28.1 Å². The van der Waals surface area contributed by atoms with E-state index in [4.69, 9.17) is 5.26 Å². The normalized spacial score (nSPS) is 11.4. The van der Waals surface area contributed by atoms with Crippen molar-refractivity contribution in [2.24, 2.45) is 0 Å². The third-order valence-corrected chi connectivity index (χ3v) is 3.29. The molecule has 0 bridgehead atoms. The zero-order valence-electron chi connectivity index (χ0n) is 13.4. The highest BCUT2D eigenvalue weighted by Gasteiger charge is 2.30. The Hall–Kier alpha value is -3.87. The molecule has 0 aromatic heterocycles. The number of rotatable bonds is 5. The van der Waals surface area contributed by atoms with Gasteiger partial charge in [0.1, 0.15) is 17.3 Å². The molecule has 138 valence electrons. The lowest BCUT2D eigenvalue weighted by Crippen LogP contribution is -2.15. The van der Waals surface area contributed by atoms with Crippen molar-refractivity contribution >= 4 is 23.0 Å². The van der Waals surface area contributed by atoms with Gasteiger partial charge in [-0.25, -0.2) is 0 Å². The number of nitrogens with zero attached hydrogens (tertiary/aromatic N) is 2. The summed E-state index contributed by atoms with van der Waals surface area (Å²) in [7, 11) is 0. The minimum absolute atomic E-state index is 0.0436. The van der Waals surface area contributed by atoms with Crippen molar-refractivity contribution in [2.45, 2.75) is 6.18 Å². The van der Waals surface area contributed by atoms with Crippen LogP contribution in [0.15, 0.2) is 60.3 Å². The van der Waals surface area contributed by atoms with Crippen LogP contribution < -0.4 is 10.6 Å². The summed E-state index contributed by atoms with van der Waals surface area (Å²) in [5.74, 6) is -0.970. The molecule has 0 aliphatic heterocycles. The molecule has 0 heterocycles. The van der Waals surface area contributed by atoms with Crippen LogP contribution in [0.4, 0.5) is 30.2 Å². The first-order chi connectivity index (χ1) is 12.7. The Morgan fingerprint density at radius 1 is 1.19 bits per heavy atom. The molecular formula is C17H11F3N4O3. The lowest BCUT2D eigenvalue weighted by atomic mass is 10.2. The van der Waals surface area contributed by atoms with Gasteiger partial charge in [0.05, 0.1) is 10.5 Å². The molecule has 10 heteroatoms. The second-order valence-corrected chi connectivity index (χ2v) is 5.12. The van der Waals surface area contributed by atoms with Crippen LogP contribution in [-0.4, -0.2) is 10.8 Å². The van der Waals surface area contributed by atoms with E-state index in [0.717, 1.165) is 24.4 Å². The van der Waals surface area contributed by atoms with Gasteiger partial charge in [-0.15, -0.1) is 0 Å². The Balaban J connectivity index is 2.19.